The van der Waals surface area contributed by atoms with Gasteiger partial charge in [-0.2, -0.15) is 11.8 Å². The molecule has 1 aliphatic carbocycles. The van der Waals surface area contributed by atoms with E-state index >= 15 is 0 Å². The van der Waals surface area contributed by atoms with Crippen LogP contribution in [-0.4, -0.2) is 54.4 Å². The van der Waals surface area contributed by atoms with Crippen molar-refractivity contribution in [3.63, 3.8) is 0 Å². The van der Waals surface area contributed by atoms with E-state index in [1.54, 1.807) is 18.8 Å². The van der Waals surface area contributed by atoms with Crippen molar-refractivity contribution < 1.29 is 9.59 Å². The monoisotopic (exact) mass is 259 g/mol. The Hall–Kier alpha value is -0.750. The highest BCUT2D eigenvalue weighted by Crippen LogP contribution is 2.18. The highest BCUT2D eigenvalue weighted by Gasteiger charge is 2.24. The topological polar surface area (TPSA) is 75.4 Å². The number of carbonyl (C=O) groups is 2. The van der Waals surface area contributed by atoms with Crippen molar-refractivity contribution in [3.8, 4) is 0 Å². The number of hydrogen-bond donors (Lipinski definition) is 2. The smallest absolute Gasteiger partial charge is 0.239 e. The number of rotatable bonds is 8. The van der Waals surface area contributed by atoms with Gasteiger partial charge in [-0.3, -0.25) is 9.59 Å². The standard InChI is InChI=1S/C11H21N3O2S/c1-14(7-10(15)13-9-3-4-9)11(16)8-17-6-2-5-12/h9H,2-8,12H2,1H3,(H,13,15). The zero-order valence-corrected chi connectivity index (χ0v) is 11.1. The van der Waals surface area contributed by atoms with E-state index in [0.29, 0.717) is 18.3 Å². The second-order valence-electron chi connectivity index (χ2n) is 4.29. The summed E-state index contributed by atoms with van der Waals surface area (Å²) in [7, 11) is 1.66. The maximum absolute atomic E-state index is 11.6. The second-order valence-corrected chi connectivity index (χ2v) is 5.39. The average molecular weight is 259 g/mol. The van der Waals surface area contributed by atoms with Gasteiger partial charge < -0.3 is 16.0 Å². The normalized spacial score (nSPS) is 14.5. The summed E-state index contributed by atoms with van der Waals surface area (Å²) in [4.78, 5) is 24.6. The Morgan fingerprint density at radius 2 is 2.18 bits per heavy atom. The van der Waals surface area contributed by atoms with Gasteiger partial charge >= 0.3 is 0 Å². The number of carbonyl (C=O) groups excluding carboxylic acids is 2. The molecule has 2 amide bonds. The number of nitrogens with two attached hydrogens (primary N) is 1. The van der Waals surface area contributed by atoms with Crippen molar-refractivity contribution >= 4 is 23.6 Å². The van der Waals surface area contributed by atoms with Crippen LogP contribution in [0.5, 0.6) is 0 Å². The lowest BCUT2D eigenvalue weighted by molar-refractivity contribution is -0.132. The number of likely N-dealkylation sites (N-methyl/N-ethyl adjacent to an activating group) is 1. The summed E-state index contributed by atoms with van der Waals surface area (Å²) in [5, 5.41) is 2.86. The minimum absolute atomic E-state index is 0.00188. The van der Waals surface area contributed by atoms with Gasteiger partial charge in [-0.1, -0.05) is 0 Å². The van der Waals surface area contributed by atoms with Crippen LogP contribution >= 0.6 is 11.8 Å². The Kier molecular flexibility index (Phi) is 6.36. The van der Waals surface area contributed by atoms with Crippen LogP contribution < -0.4 is 11.1 Å². The van der Waals surface area contributed by atoms with Crippen molar-refractivity contribution in [2.45, 2.75) is 25.3 Å². The number of amides is 2. The molecule has 0 aromatic rings. The zero-order chi connectivity index (χ0) is 12.7. The lowest BCUT2D eigenvalue weighted by Gasteiger charge is -2.16. The molecule has 0 aliphatic heterocycles. The van der Waals surface area contributed by atoms with Crippen LogP contribution in [0.2, 0.25) is 0 Å². The molecule has 0 atom stereocenters. The first-order chi connectivity index (χ1) is 8.13. The van der Waals surface area contributed by atoms with Crippen molar-refractivity contribution in [2.75, 3.05) is 31.6 Å². The third-order valence-electron chi connectivity index (χ3n) is 2.47. The fourth-order valence-electron chi connectivity index (χ4n) is 1.26. The maximum atomic E-state index is 11.6. The van der Waals surface area contributed by atoms with E-state index in [1.165, 1.54) is 4.90 Å². The van der Waals surface area contributed by atoms with Crippen molar-refractivity contribution in [1.29, 1.82) is 0 Å². The zero-order valence-electron chi connectivity index (χ0n) is 10.3. The molecule has 98 valence electrons. The largest absolute Gasteiger partial charge is 0.352 e. The second kappa shape index (κ2) is 7.55. The van der Waals surface area contributed by atoms with Crippen molar-refractivity contribution in [1.82, 2.24) is 10.2 Å². The molecule has 0 spiro atoms. The van der Waals surface area contributed by atoms with Crippen LogP contribution in [0.25, 0.3) is 0 Å². The Morgan fingerprint density at radius 1 is 1.47 bits per heavy atom. The van der Waals surface area contributed by atoms with Gasteiger partial charge in [-0.25, -0.2) is 0 Å². The lowest BCUT2D eigenvalue weighted by Crippen LogP contribution is -2.39. The number of hydrogen-bond acceptors (Lipinski definition) is 4. The highest BCUT2D eigenvalue weighted by atomic mass is 32.2. The maximum Gasteiger partial charge on any atom is 0.239 e. The fraction of sp³-hybridized carbons (Fsp3) is 0.818. The molecular formula is C11H21N3O2S. The minimum Gasteiger partial charge on any atom is -0.352 e. The number of nitrogens with one attached hydrogen (secondary N) is 1. The molecule has 17 heavy (non-hydrogen) atoms. The summed E-state index contributed by atoms with van der Waals surface area (Å²) in [6, 6.07) is 0.352. The molecule has 5 nitrogen and oxygen atoms in total. The summed E-state index contributed by atoms with van der Waals surface area (Å²) in [6.45, 7) is 0.813. The van der Waals surface area contributed by atoms with Gasteiger partial charge in [-0.15, -0.1) is 0 Å². The molecule has 0 unspecified atom stereocenters. The molecule has 6 heteroatoms. The van der Waals surface area contributed by atoms with Gasteiger partial charge in [-0.05, 0) is 31.6 Å². The summed E-state index contributed by atoms with van der Waals surface area (Å²) < 4.78 is 0. The van der Waals surface area contributed by atoms with Crippen molar-refractivity contribution in [2.24, 2.45) is 5.73 Å². The van der Waals surface area contributed by atoms with Crippen LogP contribution in [0, 0.1) is 0 Å². The van der Waals surface area contributed by atoms with E-state index in [-0.39, 0.29) is 18.4 Å². The molecule has 1 aliphatic rings. The Labute approximate surface area is 106 Å². The molecule has 0 bridgehead atoms. The first-order valence-corrected chi connectivity index (χ1v) is 7.10. The van der Waals surface area contributed by atoms with E-state index in [4.69, 9.17) is 5.73 Å². The molecule has 0 aromatic heterocycles. The van der Waals surface area contributed by atoms with E-state index in [1.807, 2.05) is 0 Å². The van der Waals surface area contributed by atoms with E-state index in [0.717, 1.165) is 25.0 Å². The predicted molar refractivity (Wildman–Crippen MR) is 69.8 cm³/mol. The van der Waals surface area contributed by atoms with Crippen LogP contribution in [0.15, 0.2) is 0 Å². The molecule has 3 N–H and O–H groups in total. The third kappa shape index (κ3) is 6.53. The molecule has 0 saturated heterocycles. The van der Waals surface area contributed by atoms with Crippen molar-refractivity contribution in [3.05, 3.63) is 0 Å². The number of thioether (sulfide) groups is 1. The molecule has 0 radical (unpaired) electrons. The van der Waals surface area contributed by atoms with Crippen LogP contribution in [0.4, 0.5) is 0 Å². The van der Waals surface area contributed by atoms with Gasteiger partial charge in [0, 0.05) is 13.1 Å². The minimum atomic E-state index is -0.0599. The average Bonchev–Trinajstić information content (AvgIpc) is 3.07. The van der Waals surface area contributed by atoms with Crippen LogP contribution in [-0.2, 0) is 9.59 Å². The van der Waals surface area contributed by atoms with E-state index < -0.39 is 0 Å². The summed E-state index contributed by atoms with van der Waals surface area (Å²) >= 11 is 1.56. The third-order valence-corrected chi connectivity index (χ3v) is 3.50. The van der Waals surface area contributed by atoms with E-state index in [2.05, 4.69) is 5.32 Å². The fourth-order valence-corrected chi connectivity index (χ4v) is 2.17. The summed E-state index contributed by atoms with van der Waals surface area (Å²) in [5.74, 6) is 1.26. The molecule has 1 rings (SSSR count). The van der Waals surface area contributed by atoms with E-state index in [9.17, 15) is 9.59 Å². The van der Waals surface area contributed by atoms with Gasteiger partial charge in [0.25, 0.3) is 0 Å². The Morgan fingerprint density at radius 3 is 2.76 bits per heavy atom. The molecule has 0 heterocycles. The SMILES string of the molecule is CN(CC(=O)NC1CC1)C(=O)CSCCCN. The molecule has 1 saturated carbocycles. The summed E-state index contributed by atoms with van der Waals surface area (Å²) in [5.41, 5.74) is 5.36. The summed E-state index contributed by atoms with van der Waals surface area (Å²) in [6.07, 6.45) is 3.06. The quantitative estimate of drug-likeness (QED) is 0.592. The molecular weight excluding hydrogens is 238 g/mol. The lowest BCUT2D eigenvalue weighted by atomic mass is 10.4. The van der Waals surface area contributed by atoms with Gasteiger partial charge in [0.05, 0.1) is 12.3 Å². The Bertz CT molecular complexity index is 269. The number of nitrogens with zero attached hydrogens (tertiary/aromatic N) is 1. The van der Waals surface area contributed by atoms with Crippen LogP contribution in [0.3, 0.4) is 0 Å². The predicted octanol–water partition coefficient (Wildman–Crippen LogP) is -0.195. The molecule has 0 aromatic carbocycles. The van der Waals surface area contributed by atoms with Gasteiger partial charge in [0.1, 0.15) is 0 Å². The highest BCUT2D eigenvalue weighted by molar-refractivity contribution is 7.99. The van der Waals surface area contributed by atoms with Gasteiger partial charge in [0.2, 0.25) is 11.8 Å². The first-order valence-electron chi connectivity index (χ1n) is 5.94. The van der Waals surface area contributed by atoms with Gasteiger partial charge in [0.15, 0.2) is 0 Å². The molecule has 1 fully saturated rings. The Balaban J connectivity index is 2.09. The first kappa shape index (κ1) is 14.3. The van der Waals surface area contributed by atoms with Crippen LogP contribution in [0.1, 0.15) is 19.3 Å².